The molecule has 0 aliphatic carbocycles. The molecule has 0 unspecified atom stereocenters. The number of benzene rings is 1. The largest absolute Gasteiger partial charge is 0.369 e. The van der Waals surface area contributed by atoms with E-state index in [0.29, 0.717) is 21.1 Å². The number of hydrogen-bond donors (Lipinski definition) is 1. The number of nitrogens with zero attached hydrogens (tertiary/aromatic N) is 6. The van der Waals surface area contributed by atoms with Gasteiger partial charge in [0.15, 0.2) is 0 Å². The fraction of sp³-hybridized carbons (Fsp3) is 0.222. The Morgan fingerprint density at radius 2 is 1.93 bits per heavy atom. The minimum Gasteiger partial charge on any atom is -0.299 e. The first-order valence-corrected chi connectivity index (χ1v) is 10.5. The molecular weight excluding hydrogens is 410 g/mol. The molecule has 0 bridgehead atoms. The van der Waals surface area contributed by atoms with Gasteiger partial charge >= 0.3 is 5.69 Å². The molecule has 1 amide bonds. The SMILES string of the molecule is CC(C)c1ccc(-c2nnc(NC(=O)Cn3nnn(-c4cccs4)c3=O)s2)cc1. The minimum atomic E-state index is -0.481. The monoisotopic (exact) mass is 427 g/mol. The van der Waals surface area contributed by atoms with Crippen LogP contribution in [0.15, 0.2) is 46.6 Å². The standard InChI is InChI=1S/C18H17N7O2S2/c1-11(2)12-5-7-13(8-6-12)16-20-21-17(29-16)19-14(26)10-24-18(27)25(23-22-24)15-4-3-9-28-15/h3-9,11H,10H2,1-2H3,(H,19,21,26). The van der Waals surface area contributed by atoms with E-state index >= 15 is 0 Å². The molecule has 4 aromatic rings. The summed E-state index contributed by atoms with van der Waals surface area (Å²) in [6, 6.07) is 11.7. The second kappa shape index (κ2) is 8.05. The Bertz CT molecular complexity index is 1170. The van der Waals surface area contributed by atoms with Gasteiger partial charge in [0, 0.05) is 5.56 Å². The molecule has 3 heterocycles. The third-order valence-corrected chi connectivity index (χ3v) is 5.87. The van der Waals surface area contributed by atoms with Crippen LogP contribution in [0.3, 0.4) is 0 Å². The van der Waals surface area contributed by atoms with Gasteiger partial charge in [0.05, 0.1) is 0 Å². The van der Waals surface area contributed by atoms with Gasteiger partial charge in [-0.1, -0.05) is 49.4 Å². The highest BCUT2D eigenvalue weighted by Crippen LogP contribution is 2.27. The van der Waals surface area contributed by atoms with E-state index in [-0.39, 0.29) is 6.54 Å². The first-order valence-electron chi connectivity index (χ1n) is 8.81. The van der Waals surface area contributed by atoms with Crippen LogP contribution >= 0.6 is 22.7 Å². The van der Waals surface area contributed by atoms with Gasteiger partial charge in [0.2, 0.25) is 11.0 Å². The summed E-state index contributed by atoms with van der Waals surface area (Å²) in [5, 5.41) is 21.9. The maximum atomic E-state index is 12.3. The van der Waals surface area contributed by atoms with Gasteiger partial charge in [-0.05, 0) is 39.4 Å². The zero-order valence-corrected chi connectivity index (χ0v) is 17.3. The van der Waals surface area contributed by atoms with Gasteiger partial charge in [-0.25, -0.2) is 4.79 Å². The first kappa shape index (κ1) is 19.2. The van der Waals surface area contributed by atoms with E-state index in [1.165, 1.54) is 28.2 Å². The molecule has 0 aliphatic heterocycles. The average Bonchev–Trinajstić information content (AvgIpc) is 3.45. The molecule has 29 heavy (non-hydrogen) atoms. The Balaban J connectivity index is 1.43. The van der Waals surface area contributed by atoms with Crippen LogP contribution in [0.1, 0.15) is 25.3 Å². The van der Waals surface area contributed by atoms with Crippen molar-refractivity contribution in [2.75, 3.05) is 5.32 Å². The lowest BCUT2D eigenvalue weighted by Gasteiger charge is -2.04. The Morgan fingerprint density at radius 3 is 2.62 bits per heavy atom. The lowest BCUT2D eigenvalue weighted by Crippen LogP contribution is -2.29. The smallest absolute Gasteiger partial charge is 0.299 e. The number of carbonyl (C=O) groups excluding carboxylic acids is 1. The topological polar surface area (TPSA) is 108 Å². The lowest BCUT2D eigenvalue weighted by atomic mass is 10.0. The summed E-state index contributed by atoms with van der Waals surface area (Å²) < 4.78 is 2.16. The Labute approximate surface area is 173 Å². The van der Waals surface area contributed by atoms with E-state index in [0.717, 1.165) is 14.9 Å². The number of anilines is 1. The summed E-state index contributed by atoms with van der Waals surface area (Å²) in [6.07, 6.45) is 0. The van der Waals surface area contributed by atoms with Crippen LogP contribution in [0.25, 0.3) is 15.6 Å². The zero-order chi connectivity index (χ0) is 20.4. The van der Waals surface area contributed by atoms with E-state index in [4.69, 9.17) is 0 Å². The quantitative estimate of drug-likeness (QED) is 0.507. The van der Waals surface area contributed by atoms with Crippen LogP contribution in [-0.2, 0) is 11.3 Å². The molecule has 0 spiro atoms. The number of carbonyl (C=O) groups is 1. The van der Waals surface area contributed by atoms with Crippen molar-refractivity contribution in [1.82, 2.24) is 30.0 Å². The molecule has 11 heteroatoms. The molecule has 148 valence electrons. The van der Waals surface area contributed by atoms with E-state index < -0.39 is 11.6 Å². The van der Waals surface area contributed by atoms with Crippen molar-refractivity contribution in [3.63, 3.8) is 0 Å². The second-order valence-electron chi connectivity index (χ2n) is 6.52. The molecule has 9 nitrogen and oxygen atoms in total. The molecule has 0 aliphatic rings. The maximum Gasteiger partial charge on any atom is 0.369 e. The summed E-state index contributed by atoms with van der Waals surface area (Å²) in [5.41, 5.74) is 1.70. The fourth-order valence-electron chi connectivity index (χ4n) is 2.60. The van der Waals surface area contributed by atoms with Crippen molar-refractivity contribution < 1.29 is 4.79 Å². The Morgan fingerprint density at radius 1 is 1.14 bits per heavy atom. The van der Waals surface area contributed by atoms with Crippen LogP contribution in [0, 0.1) is 0 Å². The summed E-state index contributed by atoms with van der Waals surface area (Å²) in [6.45, 7) is 4.01. The summed E-state index contributed by atoms with van der Waals surface area (Å²) >= 11 is 2.62. The number of nitrogens with one attached hydrogen (secondary N) is 1. The van der Waals surface area contributed by atoms with Crippen LogP contribution in [0.4, 0.5) is 5.13 Å². The molecule has 0 atom stereocenters. The van der Waals surface area contributed by atoms with Crippen LogP contribution < -0.4 is 11.0 Å². The molecule has 0 saturated heterocycles. The van der Waals surface area contributed by atoms with Crippen LogP contribution in [-0.4, -0.2) is 35.9 Å². The Kier molecular flexibility index (Phi) is 5.32. The summed E-state index contributed by atoms with van der Waals surface area (Å²) in [4.78, 5) is 24.6. The predicted octanol–water partition coefficient (Wildman–Crippen LogP) is 2.77. The molecule has 0 radical (unpaired) electrons. The maximum absolute atomic E-state index is 12.3. The normalized spacial score (nSPS) is 11.1. The number of rotatable bonds is 6. The van der Waals surface area contributed by atoms with E-state index in [2.05, 4.69) is 51.9 Å². The van der Waals surface area contributed by atoms with Crippen LogP contribution in [0.5, 0.6) is 0 Å². The lowest BCUT2D eigenvalue weighted by molar-refractivity contribution is -0.117. The highest BCUT2D eigenvalue weighted by Gasteiger charge is 2.15. The number of thiophene rings is 1. The molecule has 3 aromatic heterocycles. The summed E-state index contributed by atoms with van der Waals surface area (Å²) in [7, 11) is 0. The molecule has 4 rings (SSSR count). The van der Waals surface area contributed by atoms with E-state index in [1.54, 1.807) is 6.07 Å². The van der Waals surface area contributed by atoms with Gasteiger partial charge in [-0.2, -0.15) is 9.36 Å². The number of amides is 1. The van der Waals surface area contributed by atoms with Gasteiger partial charge in [0.1, 0.15) is 16.6 Å². The average molecular weight is 428 g/mol. The number of tetrazole rings is 1. The van der Waals surface area contributed by atoms with Crippen molar-refractivity contribution >= 4 is 33.7 Å². The molecule has 1 aromatic carbocycles. The zero-order valence-electron chi connectivity index (χ0n) is 15.6. The second-order valence-corrected chi connectivity index (χ2v) is 8.42. The van der Waals surface area contributed by atoms with Gasteiger partial charge in [0.25, 0.3) is 0 Å². The highest BCUT2D eigenvalue weighted by atomic mass is 32.1. The highest BCUT2D eigenvalue weighted by molar-refractivity contribution is 7.18. The van der Waals surface area contributed by atoms with Crippen molar-refractivity contribution in [2.24, 2.45) is 0 Å². The van der Waals surface area contributed by atoms with Crippen molar-refractivity contribution in [2.45, 2.75) is 26.3 Å². The fourth-order valence-corrected chi connectivity index (χ4v) is 4.03. The van der Waals surface area contributed by atoms with Gasteiger partial charge < -0.3 is 0 Å². The predicted molar refractivity (Wildman–Crippen MR) is 112 cm³/mol. The molecular formula is C18H17N7O2S2. The molecule has 1 N–H and O–H groups in total. The van der Waals surface area contributed by atoms with Crippen molar-refractivity contribution in [3.8, 4) is 15.6 Å². The van der Waals surface area contributed by atoms with E-state index in [1.807, 2.05) is 23.6 Å². The third kappa shape index (κ3) is 4.15. The number of hydrogen-bond acceptors (Lipinski definition) is 8. The van der Waals surface area contributed by atoms with Gasteiger partial charge in [-0.15, -0.1) is 21.5 Å². The van der Waals surface area contributed by atoms with Gasteiger partial charge in [-0.3, -0.25) is 10.1 Å². The van der Waals surface area contributed by atoms with Crippen LogP contribution in [0.2, 0.25) is 0 Å². The third-order valence-electron chi connectivity index (χ3n) is 4.14. The summed E-state index contributed by atoms with van der Waals surface area (Å²) in [5.74, 6) is 0.0256. The van der Waals surface area contributed by atoms with Crippen molar-refractivity contribution in [1.29, 1.82) is 0 Å². The minimum absolute atomic E-state index is 0.262. The number of aromatic nitrogens is 6. The first-order chi connectivity index (χ1) is 14.0. The van der Waals surface area contributed by atoms with Crippen molar-refractivity contribution in [3.05, 3.63) is 57.8 Å². The Hall–Kier alpha value is -3.18. The molecule has 0 fully saturated rings. The molecule has 0 saturated carbocycles. The van der Waals surface area contributed by atoms with E-state index in [9.17, 15) is 9.59 Å².